The third-order valence-corrected chi connectivity index (χ3v) is 8.75. The van der Waals surface area contributed by atoms with Gasteiger partial charge in [-0.1, -0.05) is 18.9 Å². The average molecular weight is 423 g/mol. The number of hydrogen-bond acceptors (Lipinski definition) is 5. The fraction of sp³-hybridized carbons (Fsp3) is 0.550. The van der Waals surface area contributed by atoms with Crippen LogP contribution in [0.1, 0.15) is 65.8 Å². The second kappa shape index (κ2) is 8.00. The van der Waals surface area contributed by atoms with Gasteiger partial charge in [-0.2, -0.15) is 4.31 Å². The number of thiophene rings is 1. The molecule has 0 spiro atoms. The summed E-state index contributed by atoms with van der Waals surface area (Å²) in [6, 6.07) is 5.37. The van der Waals surface area contributed by atoms with E-state index in [0.717, 1.165) is 30.6 Å². The highest BCUT2D eigenvalue weighted by Gasteiger charge is 2.33. The molecule has 0 bridgehead atoms. The lowest BCUT2D eigenvalue weighted by Gasteiger charge is -2.23. The van der Waals surface area contributed by atoms with E-state index >= 15 is 0 Å². The molecule has 152 valence electrons. The minimum Gasteiger partial charge on any atom is -0.455 e. The van der Waals surface area contributed by atoms with Gasteiger partial charge in [0.2, 0.25) is 10.0 Å². The molecule has 2 aliphatic rings. The number of hydrogen-bond donors (Lipinski definition) is 1. The maximum absolute atomic E-state index is 12.9. The summed E-state index contributed by atoms with van der Waals surface area (Å²) in [5.41, 5.74) is 0. The summed E-state index contributed by atoms with van der Waals surface area (Å²) in [4.78, 5) is 14.1. The van der Waals surface area contributed by atoms with E-state index in [0.29, 0.717) is 19.0 Å². The average Bonchev–Trinajstić information content (AvgIpc) is 3.47. The number of rotatable bonds is 6. The number of carbonyl (C=O) groups is 1. The molecule has 2 aromatic heterocycles. The summed E-state index contributed by atoms with van der Waals surface area (Å²) < 4.78 is 32.8. The Morgan fingerprint density at radius 3 is 2.61 bits per heavy atom. The minimum absolute atomic E-state index is 0.0564. The standard InChI is InChI=1S/C20H26N2O4S2/c1-14-18(28(24,25)22-10-4-5-11-22)13-16(26-14)20(23)21-19(15-7-2-3-8-15)17-9-6-12-27-17/h6,9,12-13,15,19H,2-5,7-8,10-11H2,1H3,(H,21,23). The van der Waals surface area contributed by atoms with Gasteiger partial charge in [0.25, 0.3) is 5.91 Å². The van der Waals surface area contributed by atoms with E-state index in [1.807, 2.05) is 17.5 Å². The largest absolute Gasteiger partial charge is 0.455 e. The van der Waals surface area contributed by atoms with Gasteiger partial charge < -0.3 is 9.73 Å². The first-order valence-corrected chi connectivity index (χ1v) is 12.2. The third-order valence-electron chi connectivity index (χ3n) is 5.79. The normalized spacial score (nSPS) is 19.9. The SMILES string of the molecule is Cc1oc(C(=O)NC(c2cccs2)C2CCCC2)cc1S(=O)(=O)N1CCCC1. The Bertz CT molecular complexity index is 922. The van der Waals surface area contributed by atoms with Crippen molar-refractivity contribution in [2.45, 2.75) is 56.4 Å². The van der Waals surface area contributed by atoms with E-state index in [9.17, 15) is 13.2 Å². The Hall–Kier alpha value is -1.64. The van der Waals surface area contributed by atoms with E-state index in [1.54, 1.807) is 18.3 Å². The molecular formula is C20H26N2O4S2. The van der Waals surface area contributed by atoms with Crippen LogP contribution in [0.15, 0.2) is 32.9 Å². The van der Waals surface area contributed by atoms with Crippen LogP contribution in [-0.4, -0.2) is 31.7 Å². The number of aryl methyl sites for hydroxylation is 1. The first kappa shape index (κ1) is 19.7. The quantitative estimate of drug-likeness (QED) is 0.760. The summed E-state index contributed by atoms with van der Waals surface area (Å²) in [5.74, 6) is 0.392. The van der Waals surface area contributed by atoms with Gasteiger partial charge in [-0.25, -0.2) is 8.42 Å². The van der Waals surface area contributed by atoms with Crippen molar-refractivity contribution < 1.29 is 17.6 Å². The molecule has 1 amide bonds. The zero-order chi connectivity index (χ0) is 19.7. The van der Waals surface area contributed by atoms with Gasteiger partial charge in [-0.05, 0) is 50.0 Å². The lowest BCUT2D eigenvalue weighted by atomic mass is 9.96. The fourth-order valence-corrected chi connectivity index (χ4v) is 6.84. The summed E-state index contributed by atoms with van der Waals surface area (Å²) in [6.07, 6.45) is 6.28. The molecule has 3 heterocycles. The smallest absolute Gasteiger partial charge is 0.287 e. The molecule has 2 aromatic rings. The molecular weight excluding hydrogens is 396 g/mol. The van der Waals surface area contributed by atoms with Crippen molar-refractivity contribution in [3.05, 3.63) is 40.0 Å². The van der Waals surface area contributed by atoms with Gasteiger partial charge >= 0.3 is 0 Å². The second-order valence-corrected chi connectivity index (χ2v) is 10.5. The first-order valence-electron chi connectivity index (χ1n) is 9.91. The molecule has 1 aliphatic heterocycles. The van der Waals surface area contributed by atoms with E-state index in [4.69, 9.17) is 4.42 Å². The zero-order valence-corrected chi connectivity index (χ0v) is 17.7. The lowest BCUT2D eigenvalue weighted by Crippen LogP contribution is -2.32. The van der Waals surface area contributed by atoms with Crippen LogP contribution in [0.5, 0.6) is 0 Å². The number of nitrogens with zero attached hydrogens (tertiary/aromatic N) is 1. The minimum atomic E-state index is -3.61. The highest BCUT2D eigenvalue weighted by molar-refractivity contribution is 7.89. The van der Waals surface area contributed by atoms with Gasteiger partial charge in [0.1, 0.15) is 10.7 Å². The van der Waals surface area contributed by atoms with Gasteiger partial charge in [0.15, 0.2) is 5.76 Å². The molecule has 1 unspecified atom stereocenters. The molecule has 0 aromatic carbocycles. The van der Waals surface area contributed by atoms with Crippen molar-refractivity contribution in [2.24, 2.45) is 5.92 Å². The third kappa shape index (κ3) is 3.77. The molecule has 28 heavy (non-hydrogen) atoms. The molecule has 4 rings (SSSR count). The van der Waals surface area contributed by atoms with Crippen LogP contribution >= 0.6 is 11.3 Å². The highest BCUT2D eigenvalue weighted by Crippen LogP contribution is 2.37. The van der Waals surface area contributed by atoms with Crippen molar-refractivity contribution in [3.63, 3.8) is 0 Å². The van der Waals surface area contributed by atoms with Gasteiger partial charge in [-0.3, -0.25) is 4.79 Å². The topological polar surface area (TPSA) is 79.6 Å². The summed E-state index contributed by atoms with van der Waals surface area (Å²) in [5, 5.41) is 5.12. The highest BCUT2D eigenvalue weighted by atomic mass is 32.2. The van der Waals surface area contributed by atoms with E-state index in [2.05, 4.69) is 5.32 Å². The molecule has 8 heteroatoms. The predicted molar refractivity (Wildman–Crippen MR) is 108 cm³/mol. The number of nitrogens with one attached hydrogen (secondary N) is 1. The van der Waals surface area contributed by atoms with Crippen LogP contribution in [0.2, 0.25) is 0 Å². The number of carbonyl (C=O) groups excluding carboxylic acids is 1. The Morgan fingerprint density at radius 2 is 1.96 bits per heavy atom. The van der Waals surface area contributed by atoms with Crippen molar-refractivity contribution in [3.8, 4) is 0 Å². The Kier molecular flexibility index (Phi) is 5.62. The van der Waals surface area contributed by atoms with E-state index in [-0.39, 0.29) is 28.4 Å². The maximum Gasteiger partial charge on any atom is 0.287 e. The Balaban J connectivity index is 1.56. The van der Waals surface area contributed by atoms with Gasteiger partial charge in [0.05, 0.1) is 6.04 Å². The lowest BCUT2D eigenvalue weighted by molar-refractivity contribution is 0.0893. The second-order valence-electron chi connectivity index (χ2n) is 7.65. The van der Waals surface area contributed by atoms with Gasteiger partial charge in [0, 0.05) is 24.0 Å². The summed E-state index contributed by atoms with van der Waals surface area (Å²) >= 11 is 1.64. The monoisotopic (exact) mass is 422 g/mol. The van der Waals surface area contributed by atoms with E-state index in [1.165, 1.54) is 23.2 Å². The van der Waals surface area contributed by atoms with Crippen molar-refractivity contribution in [1.29, 1.82) is 0 Å². The van der Waals surface area contributed by atoms with Crippen LogP contribution < -0.4 is 5.32 Å². The van der Waals surface area contributed by atoms with Crippen LogP contribution in [0, 0.1) is 12.8 Å². The molecule has 1 saturated heterocycles. The maximum atomic E-state index is 12.9. The number of sulfonamides is 1. The van der Waals surface area contributed by atoms with Crippen LogP contribution in [0.3, 0.4) is 0 Å². The van der Waals surface area contributed by atoms with Crippen molar-refractivity contribution in [1.82, 2.24) is 9.62 Å². The van der Waals surface area contributed by atoms with E-state index < -0.39 is 10.0 Å². The van der Waals surface area contributed by atoms with Crippen molar-refractivity contribution >= 4 is 27.3 Å². The van der Waals surface area contributed by atoms with Gasteiger partial charge in [-0.15, -0.1) is 11.3 Å². The molecule has 1 saturated carbocycles. The molecule has 1 atom stereocenters. The summed E-state index contributed by atoms with van der Waals surface area (Å²) in [6.45, 7) is 2.65. The predicted octanol–water partition coefficient (Wildman–Crippen LogP) is 4.10. The summed E-state index contributed by atoms with van der Waals surface area (Å²) in [7, 11) is -3.61. The van der Waals surface area contributed by atoms with Crippen LogP contribution in [0.4, 0.5) is 0 Å². The zero-order valence-electron chi connectivity index (χ0n) is 16.0. The fourth-order valence-electron chi connectivity index (χ4n) is 4.29. The van der Waals surface area contributed by atoms with Crippen LogP contribution in [-0.2, 0) is 10.0 Å². The first-order chi connectivity index (χ1) is 13.5. The molecule has 1 aliphatic carbocycles. The molecule has 0 radical (unpaired) electrons. The molecule has 2 fully saturated rings. The molecule has 6 nitrogen and oxygen atoms in total. The number of amides is 1. The van der Waals surface area contributed by atoms with Crippen LogP contribution in [0.25, 0.3) is 0 Å². The number of furan rings is 1. The van der Waals surface area contributed by atoms with Crippen molar-refractivity contribution in [2.75, 3.05) is 13.1 Å². The Labute approximate surface area is 170 Å². The molecule has 1 N–H and O–H groups in total. The Morgan fingerprint density at radius 1 is 1.25 bits per heavy atom.